The average molecular weight is 394 g/mol. The zero-order valence-electron chi connectivity index (χ0n) is 9.86. The van der Waals surface area contributed by atoms with Gasteiger partial charge in [-0.2, -0.15) is 0 Å². The molecule has 3 N–H and O–H groups in total. The van der Waals surface area contributed by atoms with Crippen molar-refractivity contribution in [2.75, 3.05) is 0 Å². The third kappa shape index (κ3) is 2.85. The van der Waals surface area contributed by atoms with Crippen LogP contribution in [0, 0.1) is 0 Å². The molecule has 0 saturated heterocycles. The van der Waals surface area contributed by atoms with Crippen LogP contribution in [0.3, 0.4) is 0 Å². The van der Waals surface area contributed by atoms with Crippen molar-refractivity contribution in [1.82, 2.24) is 15.0 Å². The van der Waals surface area contributed by atoms with Gasteiger partial charge in [0, 0.05) is 28.3 Å². The second-order valence-corrected chi connectivity index (χ2v) is 7.10. The van der Waals surface area contributed by atoms with Crippen LogP contribution in [0.2, 0.25) is 0 Å². The van der Waals surface area contributed by atoms with Gasteiger partial charge >= 0.3 is 0 Å². The number of hydrogen-bond acceptors (Lipinski definition) is 4. The zero-order chi connectivity index (χ0) is 13.1. The number of nitrogens with two attached hydrogens (primary N) is 1. The highest BCUT2D eigenvalue weighted by molar-refractivity contribution is 9.13. The predicted molar refractivity (Wildman–Crippen MR) is 81.4 cm³/mol. The lowest BCUT2D eigenvalue weighted by Gasteiger charge is -2.15. The number of aryl methyl sites for hydroxylation is 1. The highest BCUT2D eigenvalue weighted by Gasteiger charge is 2.20. The zero-order valence-corrected chi connectivity index (χ0v) is 13.8. The summed E-state index contributed by atoms with van der Waals surface area (Å²) in [6.07, 6.45) is 4.87. The van der Waals surface area contributed by atoms with Crippen LogP contribution in [0.4, 0.5) is 0 Å². The molecule has 2 aromatic heterocycles. The Kier molecular flexibility index (Phi) is 4.97. The molecule has 2 heterocycles. The van der Waals surface area contributed by atoms with Gasteiger partial charge in [-0.3, -0.25) is 5.84 Å². The molecule has 1 atom stereocenters. The molecule has 0 amide bonds. The highest BCUT2D eigenvalue weighted by atomic mass is 79.9. The van der Waals surface area contributed by atoms with Gasteiger partial charge in [0.15, 0.2) is 0 Å². The van der Waals surface area contributed by atoms with Crippen molar-refractivity contribution in [3.8, 4) is 0 Å². The Bertz CT molecular complexity index is 503. The summed E-state index contributed by atoms with van der Waals surface area (Å²) in [7, 11) is 0. The fourth-order valence-electron chi connectivity index (χ4n) is 1.80. The summed E-state index contributed by atoms with van der Waals surface area (Å²) in [5.74, 6) is 6.64. The SMILES string of the molecule is CCCn1ccnc1C(NN)c1cc(Br)c(Br)s1. The summed E-state index contributed by atoms with van der Waals surface area (Å²) in [6, 6.07) is 1.98. The first-order valence-electron chi connectivity index (χ1n) is 5.59. The maximum absolute atomic E-state index is 5.69. The molecule has 0 aromatic carbocycles. The number of nitrogens with zero attached hydrogens (tertiary/aromatic N) is 2. The second kappa shape index (κ2) is 6.29. The van der Waals surface area contributed by atoms with E-state index in [2.05, 4.69) is 59.8 Å². The molecule has 0 spiro atoms. The molecule has 2 rings (SSSR count). The summed E-state index contributed by atoms with van der Waals surface area (Å²) in [6.45, 7) is 3.09. The first-order valence-corrected chi connectivity index (χ1v) is 7.99. The standard InChI is InChI=1S/C11H14Br2N4S/c1-2-4-17-5-3-15-11(17)9(16-14)8-6-7(12)10(13)18-8/h3,5-6,9,16H,2,4,14H2,1H3. The number of nitrogens with one attached hydrogen (secondary N) is 1. The van der Waals surface area contributed by atoms with Crippen molar-refractivity contribution in [3.05, 3.63) is 37.4 Å². The minimum atomic E-state index is -0.0841. The Morgan fingerprint density at radius 3 is 2.89 bits per heavy atom. The quantitative estimate of drug-likeness (QED) is 0.604. The van der Waals surface area contributed by atoms with Crippen LogP contribution < -0.4 is 11.3 Å². The molecule has 7 heteroatoms. The maximum Gasteiger partial charge on any atom is 0.132 e. The second-order valence-electron chi connectivity index (χ2n) is 3.85. The Hall–Kier alpha value is -0.210. The molecular formula is C11H14Br2N4S. The maximum atomic E-state index is 5.69. The number of hydrogen-bond donors (Lipinski definition) is 2. The van der Waals surface area contributed by atoms with Gasteiger partial charge in [0.05, 0.1) is 3.79 Å². The van der Waals surface area contributed by atoms with Gasteiger partial charge in [0.2, 0.25) is 0 Å². The third-order valence-corrected chi connectivity index (χ3v) is 5.91. The van der Waals surface area contributed by atoms with E-state index in [9.17, 15) is 0 Å². The van der Waals surface area contributed by atoms with Gasteiger partial charge in [0.25, 0.3) is 0 Å². The van der Waals surface area contributed by atoms with Crippen LogP contribution in [-0.2, 0) is 6.54 Å². The molecule has 0 aliphatic rings. The van der Waals surface area contributed by atoms with Gasteiger partial charge in [0.1, 0.15) is 11.9 Å². The van der Waals surface area contributed by atoms with Crippen LogP contribution in [0.15, 0.2) is 26.7 Å². The molecule has 1 unspecified atom stereocenters. The lowest BCUT2D eigenvalue weighted by Crippen LogP contribution is -2.30. The van der Waals surface area contributed by atoms with Gasteiger partial charge in [-0.05, 0) is 44.3 Å². The van der Waals surface area contributed by atoms with Crippen LogP contribution in [0.5, 0.6) is 0 Å². The largest absolute Gasteiger partial charge is 0.333 e. The van der Waals surface area contributed by atoms with E-state index in [1.807, 2.05) is 12.4 Å². The van der Waals surface area contributed by atoms with Crippen LogP contribution in [0.25, 0.3) is 0 Å². The fraction of sp³-hybridized carbons (Fsp3) is 0.364. The van der Waals surface area contributed by atoms with Crippen molar-refractivity contribution in [2.24, 2.45) is 5.84 Å². The summed E-state index contributed by atoms with van der Waals surface area (Å²) in [5.41, 5.74) is 2.85. The van der Waals surface area contributed by atoms with E-state index in [-0.39, 0.29) is 6.04 Å². The summed E-state index contributed by atoms with van der Waals surface area (Å²) in [4.78, 5) is 5.54. The Morgan fingerprint density at radius 2 is 2.33 bits per heavy atom. The molecule has 0 aliphatic carbocycles. The highest BCUT2D eigenvalue weighted by Crippen LogP contribution is 2.37. The molecular weight excluding hydrogens is 380 g/mol. The van der Waals surface area contributed by atoms with Gasteiger partial charge in [-0.25, -0.2) is 10.4 Å². The number of thiophene rings is 1. The minimum Gasteiger partial charge on any atom is -0.333 e. The lowest BCUT2D eigenvalue weighted by atomic mass is 10.2. The van der Waals surface area contributed by atoms with E-state index in [0.29, 0.717) is 0 Å². The van der Waals surface area contributed by atoms with Crippen molar-refractivity contribution in [1.29, 1.82) is 0 Å². The number of rotatable bonds is 5. The van der Waals surface area contributed by atoms with Gasteiger partial charge in [-0.1, -0.05) is 6.92 Å². The smallest absolute Gasteiger partial charge is 0.132 e. The van der Waals surface area contributed by atoms with Crippen molar-refractivity contribution >= 4 is 43.2 Å². The first-order chi connectivity index (χ1) is 8.67. The van der Waals surface area contributed by atoms with Crippen LogP contribution >= 0.6 is 43.2 Å². The Morgan fingerprint density at radius 1 is 1.56 bits per heavy atom. The van der Waals surface area contributed by atoms with E-state index < -0.39 is 0 Å². The van der Waals surface area contributed by atoms with Gasteiger partial charge < -0.3 is 4.57 Å². The van der Waals surface area contributed by atoms with E-state index >= 15 is 0 Å². The number of aromatic nitrogens is 2. The Labute approximate surface area is 127 Å². The lowest BCUT2D eigenvalue weighted by molar-refractivity contribution is 0.551. The molecule has 0 fully saturated rings. The monoisotopic (exact) mass is 392 g/mol. The van der Waals surface area contributed by atoms with Crippen LogP contribution in [-0.4, -0.2) is 9.55 Å². The fourth-order valence-corrected chi connectivity index (χ4v) is 3.95. The van der Waals surface area contributed by atoms with Crippen molar-refractivity contribution in [3.63, 3.8) is 0 Å². The molecule has 0 aliphatic heterocycles. The van der Waals surface area contributed by atoms with E-state index in [1.165, 1.54) is 0 Å². The molecule has 0 bridgehead atoms. The van der Waals surface area contributed by atoms with Crippen molar-refractivity contribution in [2.45, 2.75) is 25.9 Å². The molecule has 4 nitrogen and oxygen atoms in total. The predicted octanol–water partition coefficient (Wildman–Crippen LogP) is 3.43. The average Bonchev–Trinajstić information content (AvgIpc) is 2.90. The van der Waals surface area contributed by atoms with E-state index in [4.69, 9.17) is 5.84 Å². The summed E-state index contributed by atoms with van der Waals surface area (Å²) < 4.78 is 4.23. The Balaban J connectivity index is 2.35. The normalized spacial score (nSPS) is 12.9. The van der Waals surface area contributed by atoms with Crippen molar-refractivity contribution < 1.29 is 0 Å². The number of hydrazine groups is 1. The number of imidazole rings is 1. The molecule has 2 aromatic rings. The molecule has 0 saturated carbocycles. The van der Waals surface area contributed by atoms with Gasteiger partial charge in [-0.15, -0.1) is 11.3 Å². The first kappa shape index (κ1) is 14.2. The van der Waals surface area contributed by atoms with E-state index in [0.717, 1.165) is 31.9 Å². The van der Waals surface area contributed by atoms with Crippen LogP contribution in [0.1, 0.15) is 30.1 Å². The van der Waals surface area contributed by atoms with E-state index in [1.54, 1.807) is 11.3 Å². The molecule has 98 valence electrons. The minimum absolute atomic E-state index is 0.0841. The summed E-state index contributed by atoms with van der Waals surface area (Å²) >= 11 is 8.64. The third-order valence-electron chi connectivity index (χ3n) is 2.59. The number of halogens is 2. The molecule has 0 radical (unpaired) electrons. The summed E-state index contributed by atoms with van der Waals surface area (Å²) in [5, 5.41) is 0. The molecule has 18 heavy (non-hydrogen) atoms. The topological polar surface area (TPSA) is 55.9 Å².